The first-order valence-corrected chi connectivity index (χ1v) is 20.3. The van der Waals surface area contributed by atoms with Gasteiger partial charge in [-0.2, -0.15) is 0 Å². The predicted octanol–water partition coefficient (Wildman–Crippen LogP) is 15.9. The van der Waals surface area contributed by atoms with E-state index in [9.17, 15) is 0 Å². The number of furan rings is 2. The highest BCUT2D eigenvalue weighted by molar-refractivity contribution is 6.22. The summed E-state index contributed by atoms with van der Waals surface area (Å²) in [5.74, 6) is 0. The summed E-state index contributed by atoms with van der Waals surface area (Å²) in [4.78, 5) is 2.30. The summed E-state index contributed by atoms with van der Waals surface area (Å²) in [5, 5.41) is 5.65. The Kier molecular flexibility index (Phi) is 7.82. The molecule has 0 saturated carbocycles. The molecule has 60 heavy (non-hydrogen) atoms. The van der Waals surface area contributed by atoms with E-state index in [1.165, 1.54) is 16.5 Å². The second-order valence-electron chi connectivity index (χ2n) is 15.3. The smallest absolute Gasteiger partial charge is 0.213 e. The molecule has 3 aromatic heterocycles. The number of nitrogens with zero attached hydrogens (tertiary/aromatic N) is 2. The Labute approximate surface area is 346 Å². The van der Waals surface area contributed by atoms with E-state index in [0.29, 0.717) is 0 Å². The van der Waals surface area contributed by atoms with Crippen LogP contribution < -0.4 is 4.90 Å². The summed E-state index contributed by atoms with van der Waals surface area (Å²) in [6.45, 7) is 0. The maximum Gasteiger partial charge on any atom is 0.213 e. The van der Waals surface area contributed by atoms with Crippen LogP contribution in [-0.2, 0) is 0 Å². The maximum atomic E-state index is 6.59. The number of aromatic nitrogens is 1. The first-order valence-electron chi connectivity index (χ1n) is 20.3. The first kappa shape index (κ1) is 34.0. The van der Waals surface area contributed by atoms with Crippen LogP contribution in [-0.4, -0.2) is 4.57 Å². The molecule has 282 valence electrons. The lowest BCUT2D eigenvalue weighted by atomic mass is 9.98. The monoisotopic (exact) mass is 768 g/mol. The highest BCUT2D eigenvalue weighted by Crippen LogP contribution is 2.45. The van der Waals surface area contributed by atoms with Gasteiger partial charge in [0.15, 0.2) is 5.58 Å². The third-order valence-electron chi connectivity index (χ3n) is 11.8. The Bertz CT molecular complexity index is 3500. The molecule has 0 radical (unpaired) electrons. The maximum absolute atomic E-state index is 6.59. The normalized spacial score (nSPS) is 11.7. The molecule has 4 nitrogen and oxygen atoms in total. The van der Waals surface area contributed by atoms with Crippen molar-refractivity contribution in [3.63, 3.8) is 0 Å². The number of para-hydroxylation sites is 5. The largest absolute Gasteiger partial charge is 0.454 e. The van der Waals surface area contributed by atoms with Gasteiger partial charge < -0.3 is 13.7 Å². The van der Waals surface area contributed by atoms with Crippen LogP contribution in [0.4, 0.5) is 17.1 Å². The number of hydrogen-bond acceptors (Lipinski definition) is 3. The Morgan fingerprint density at radius 3 is 1.53 bits per heavy atom. The van der Waals surface area contributed by atoms with Gasteiger partial charge in [-0.05, 0) is 82.4 Å². The van der Waals surface area contributed by atoms with Gasteiger partial charge in [0.2, 0.25) is 5.71 Å². The Balaban J connectivity index is 0.937. The van der Waals surface area contributed by atoms with Gasteiger partial charge in [-0.25, -0.2) is 0 Å². The zero-order valence-electron chi connectivity index (χ0n) is 32.5. The molecule has 12 aromatic rings. The molecule has 4 heteroatoms. The van der Waals surface area contributed by atoms with Crippen molar-refractivity contribution in [1.82, 2.24) is 4.57 Å². The molecule has 0 aliphatic heterocycles. The van der Waals surface area contributed by atoms with Crippen molar-refractivity contribution < 1.29 is 8.83 Å². The summed E-state index contributed by atoms with van der Waals surface area (Å²) in [6.07, 6.45) is 0. The second kappa shape index (κ2) is 13.8. The SMILES string of the molecule is c1ccc(-c2ccc(N(c3ccc(-c4ccc(-c5cccc6c7c8ccccc8oc7n(-c7ccccc7)c56)cc4)cc3)c3cccc4c3oc3ccccc34)cc2)cc1. The fourth-order valence-electron chi connectivity index (χ4n) is 9.01. The fraction of sp³-hybridized carbons (Fsp3) is 0. The molecular formula is C56H36N2O2. The van der Waals surface area contributed by atoms with Crippen molar-refractivity contribution >= 4 is 72.0 Å². The fourth-order valence-corrected chi connectivity index (χ4v) is 9.01. The van der Waals surface area contributed by atoms with Crippen LogP contribution in [0.2, 0.25) is 0 Å². The highest BCUT2D eigenvalue weighted by Gasteiger charge is 2.23. The van der Waals surface area contributed by atoms with Crippen LogP contribution in [0.3, 0.4) is 0 Å². The second-order valence-corrected chi connectivity index (χ2v) is 15.3. The van der Waals surface area contributed by atoms with Gasteiger partial charge in [-0.15, -0.1) is 0 Å². The van der Waals surface area contributed by atoms with Crippen LogP contribution in [0, 0.1) is 0 Å². The molecule has 3 heterocycles. The van der Waals surface area contributed by atoms with E-state index < -0.39 is 0 Å². The minimum absolute atomic E-state index is 0.860. The number of rotatable bonds is 7. The van der Waals surface area contributed by atoms with Gasteiger partial charge in [0.1, 0.15) is 11.2 Å². The predicted molar refractivity (Wildman–Crippen MR) is 249 cm³/mol. The van der Waals surface area contributed by atoms with Gasteiger partial charge in [0.25, 0.3) is 0 Å². The molecule has 12 rings (SSSR count). The first-order chi connectivity index (χ1) is 29.8. The number of fused-ring (bicyclic) bond motifs is 8. The van der Waals surface area contributed by atoms with E-state index in [-0.39, 0.29) is 0 Å². The van der Waals surface area contributed by atoms with Gasteiger partial charge >= 0.3 is 0 Å². The van der Waals surface area contributed by atoms with Crippen molar-refractivity contribution in [1.29, 1.82) is 0 Å². The lowest BCUT2D eigenvalue weighted by Crippen LogP contribution is -2.10. The molecule has 0 aliphatic carbocycles. The summed E-state index contributed by atoms with van der Waals surface area (Å²) in [6, 6.07) is 77.2. The van der Waals surface area contributed by atoms with Gasteiger partial charge in [0.05, 0.1) is 16.6 Å². The lowest BCUT2D eigenvalue weighted by molar-refractivity contribution is 0.645. The average molecular weight is 769 g/mol. The number of anilines is 3. The van der Waals surface area contributed by atoms with Gasteiger partial charge in [-0.3, -0.25) is 4.57 Å². The van der Waals surface area contributed by atoms with Crippen molar-refractivity contribution in [2.45, 2.75) is 0 Å². The molecule has 0 bridgehead atoms. The van der Waals surface area contributed by atoms with Crippen molar-refractivity contribution in [2.24, 2.45) is 0 Å². The zero-order valence-corrected chi connectivity index (χ0v) is 32.5. The molecule has 0 amide bonds. The molecule has 0 N–H and O–H groups in total. The molecule has 0 aliphatic rings. The van der Waals surface area contributed by atoms with E-state index in [0.717, 1.165) is 94.5 Å². The zero-order chi connectivity index (χ0) is 39.6. The van der Waals surface area contributed by atoms with Gasteiger partial charge in [0, 0.05) is 44.2 Å². The molecule has 0 fully saturated rings. The average Bonchev–Trinajstić information content (AvgIpc) is 4.00. The number of hydrogen-bond donors (Lipinski definition) is 0. The van der Waals surface area contributed by atoms with Crippen LogP contribution in [0.15, 0.2) is 227 Å². The standard InChI is InChI=1S/C56H36N2O2/c1-3-13-37(14-4-1)39-29-33-43(34-30-39)57(50-22-12-20-47-46-17-7-9-23-51(46)59-55(47)50)44-35-31-40(32-36-44)38-25-27-41(28-26-38)45-19-11-21-49-53-48-18-8-10-24-52(48)60-56(53)58(54(45)49)42-15-5-2-6-16-42/h1-36H. The summed E-state index contributed by atoms with van der Waals surface area (Å²) >= 11 is 0. The van der Waals surface area contributed by atoms with Crippen LogP contribution in [0.25, 0.3) is 94.0 Å². The van der Waals surface area contributed by atoms with E-state index in [1.807, 2.05) is 24.3 Å². The molecule has 0 saturated heterocycles. The van der Waals surface area contributed by atoms with Crippen molar-refractivity contribution in [3.05, 3.63) is 218 Å². The van der Waals surface area contributed by atoms with Crippen molar-refractivity contribution in [3.8, 4) is 39.1 Å². The van der Waals surface area contributed by atoms with E-state index in [4.69, 9.17) is 8.83 Å². The molecule has 9 aromatic carbocycles. The van der Waals surface area contributed by atoms with E-state index in [2.05, 4.69) is 204 Å². The molecule has 0 spiro atoms. The minimum Gasteiger partial charge on any atom is -0.454 e. The molecular weight excluding hydrogens is 733 g/mol. The van der Waals surface area contributed by atoms with Crippen LogP contribution in [0.5, 0.6) is 0 Å². The van der Waals surface area contributed by atoms with E-state index in [1.54, 1.807) is 0 Å². The Morgan fingerprint density at radius 2 is 0.850 bits per heavy atom. The number of benzene rings is 9. The van der Waals surface area contributed by atoms with E-state index >= 15 is 0 Å². The summed E-state index contributed by atoms with van der Waals surface area (Å²) < 4.78 is 15.4. The topological polar surface area (TPSA) is 34.5 Å². The summed E-state index contributed by atoms with van der Waals surface area (Å²) in [5.41, 5.74) is 15.7. The summed E-state index contributed by atoms with van der Waals surface area (Å²) in [7, 11) is 0. The quantitative estimate of drug-likeness (QED) is 0.162. The third-order valence-corrected chi connectivity index (χ3v) is 11.8. The van der Waals surface area contributed by atoms with Crippen LogP contribution >= 0.6 is 0 Å². The van der Waals surface area contributed by atoms with Crippen molar-refractivity contribution in [2.75, 3.05) is 4.90 Å². The molecule has 0 unspecified atom stereocenters. The third kappa shape index (κ3) is 5.46. The Morgan fingerprint density at radius 1 is 0.350 bits per heavy atom. The Hall–Kier alpha value is -8.08. The lowest BCUT2D eigenvalue weighted by Gasteiger charge is -2.26. The molecule has 0 atom stereocenters. The van der Waals surface area contributed by atoms with Gasteiger partial charge in [-0.1, -0.05) is 164 Å². The highest BCUT2D eigenvalue weighted by atomic mass is 16.3. The van der Waals surface area contributed by atoms with Crippen LogP contribution in [0.1, 0.15) is 0 Å². The minimum atomic E-state index is 0.860.